The Bertz CT molecular complexity index is 818. The third-order valence-corrected chi connectivity index (χ3v) is 4.39. The van der Waals surface area contributed by atoms with Crippen LogP contribution in [0.4, 0.5) is 0 Å². The third kappa shape index (κ3) is 2.14. The van der Waals surface area contributed by atoms with E-state index in [-0.39, 0.29) is 5.75 Å². The molecule has 20 heavy (non-hydrogen) atoms. The molecule has 0 atom stereocenters. The van der Waals surface area contributed by atoms with Crippen LogP contribution in [-0.2, 0) is 0 Å². The van der Waals surface area contributed by atoms with Crippen molar-refractivity contribution in [1.82, 2.24) is 0 Å². The number of phenols is 1. The zero-order chi connectivity index (χ0) is 14.3. The number of hydrogen-bond acceptors (Lipinski definition) is 3. The Kier molecular flexibility index (Phi) is 2.95. The molecule has 2 N–H and O–H groups in total. The van der Waals surface area contributed by atoms with Crippen LogP contribution >= 0.6 is 11.3 Å². The largest absolute Gasteiger partial charge is 0.508 e. The number of rotatable bonds is 2. The predicted octanol–water partition coefficient (Wildman–Crippen LogP) is 4.28. The van der Waals surface area contributed by atoms with E-state index in [0.717, 1.165) is 26.1 Å². The van der Waals surface area contributed by atoms with Gasteiger partial charge in [0.1, 0.15) is 5.75 Å². The molecule has 0 radical (unpaired) electrons. The number of fused-ring (bicyclic) bond motifs is 1. The molecule has 0 unspecified atom stereocenters. The number of carboxylic acid groups (broad SMARTS) is 1. The highest BCUT2D eigenvalue weighted by atomic mass is 32.1. The SMILES string of the molecule is Cc1cc(O)ccc1-c1cc2cc(C(=O)O)ccc2s1. The van der Waals surface area contributed by atoms with E-state index in [9.17, 15) is 9.90 Å². The predicted molar refractivity (Wildman–Crippen MR) is 80.6 cm³/mol. The lowest BCUT2D eigenvalue weighted by molar-refractivity contribution is 0.0697. The molecule has 0 saturated heterocycles. The number of aryl methyl sites for hydroxylation is 1. The summed E-state index contributed by atoms with van der Waals surface area (Å²) in [5, 5.41) is 19.4. The fourth-order valence-corrected chi connectivity index (χ4v) is 3.37. The van der Waals surface area contributed by atoms with Gasteiger partial charge in [-0.2, -0.15) is 0 Å². The van der Waals surface area contributed by atoms with Crippen molar-refractivity contribution in [3.63, 3.8) is 0 Å². The van der Waals surface area contributed by atoms with Crippen LogP contribution in [0.15, 0.2) is 42.5 Å². The second-order valence-corrected chi connectivity index (χ2v) is 5.75. The second kappa shape index (κ2) is 4.65. The minimum absolute atomic E-state index is 0.250. The molecule has 2 aromatic carbocycles. The summed E-state index contributed by atoms with van der Waals surface area (Å²) in [6, 6.07) is 12.4. The molecule has 3 nitrogen and oxygen atoms in total. The van der Waals surface area contributed by atoms with E-state index in [4.69, 9.17) is 5.11 Å². The highest BCUT2D eigenvalue weighted by molar-refractivity contribution is 7.22. The zero-order valence-corrected chi connectivity index (χ0v) is 11.6. The zero-order valence-electron chi connectivity index (χ0n) is 10.8. The Labute approximate surface area is 119 Å². The highest BCUT2D eigenvalue weighted by Gasteiger charge is 2.10. The first-order valence-electron chi connectivity index (χ1n) is 6.11. The number of hydrogen-bond donors (Lipinski definition) is 2. The molecular weight excluding hydrogens is 272 g/mol. The van der Waals surface area contributed by atoms with Crippen molar-refractivity contribution < 1.29 is 15.0 Å². The number of carboxylic acids is 1. The molecule has 0 saturated carbocycles. The minimum atomic E-state index is -0.916. The van der Waals surface area contributed by atoms with Crippen LogP contribution in [0.2, 0.25) is 0 Å². The number of phenolic OH excluding ortho intramolecular Hbond substituents is 1. The van der Waals surface area contributed by atoms with Gasteiger partial charge in [0.25, 0.3) is 0 Å². The molecule has 0 bridgehead atoms. The lowest BCUT2D eigenvalue weighted by Gasteiger charge is -2.02. The van der Waals surface area contributed by atoms with Crippen LogP contribution in [0.3, 0.4) is 0 Å². The molecule has 0 aliphatic carbocycles. The maximum Gasteiger partial charge on any atom is 0.335 e. The first-order chi connectivity index (χ1) is 9.54. The van der Waals surface area contributed by atoms with Crippen molar-refractivity contribution in [2.75, 3.05) is 0 Å². The van der Waals surface area contributed by atoms with Crippen LogP contribution < -0.4 is 0 Å². The smallest absolute Gasteiger partial charge is 0.335 e. The molecule has 1 heterocycles. The van der Waals surface area contributed by atoms with Gasteiger partial charge in [-0.05, 0) is 65.9 Å². The van der Waals surface area contributed by atoms with Crippen LogP contribution in [0.25, 0.3) is 20.5 Å². The molecule has 100 valence electrons. The number of aromatic hydroxyl groups is 1. The van der Waals surface area contributed by atoms with Gasteiger partial charge in [0.05, 0.1) is 5.56 Å². The van der Waals surface area contributed by atoms with E-state index in [1.807, 2.05) is 25.1 Å². The Morgan fingerprint density at radius 2 is 1.90 bits per heavy atom. The van der Waals surface area contributed by atoms with Gasteiger partial charge >= 0.3 is 5.97 Å². The Balaban J connectivity index is 2.15. The van der Waals surface area contributed by atoms with E-state index in [1.165, 1.54) is 0 Å². The average molecular weight is 284 g/mol. The molecule has 3 aromatic rings. The van der Waals surface area contributed by atoms with Crippen molar-refractivity contribution >= 4 is 27.4 Å². The summed E-state index contributed by atoms with van der Waals surface area (Å²) in [5.41, 5.74) is 2.35. The molecule has 3 rings (SSSR count). The maximum absolute atomic E-state index is 11.0. The Hall–Kier alpha value is -2.33. The monoisotopic (exact) mass is 284 g/mol. The molecule has 0 amide bonds. The summed E-state index contributed by atoms with van der Waals surface area (Å²) in [5.74, 6) is -0.666. The van der Waals surface area contributed by atoms with E-state index >= 15 is 0 Å². The van der Waals surface area contributed by atoms with Crippen molar-refractivity contribution in [3.8, 4) is 16.2 Å². The normalized spacial score (nSPS) is 10.8. The van der Waals surface area contributed by atoms with Gasteiger partial charge in [-0.3, -0.25) is 0 Å². The third-order valence-electron chi connectivity index (χ3n) is 3.24. The van der Waals surface area contributed by atoms with E-state index in [0.29, 0.717) is 5.56 Å². The van der Waals surface area contributed by atoms with E-state index in [1.54, 1.807) is 35.6 Å². The number of thiophene rings is 1. The summed E-state index contributed by atoms with van der Waals surface area (Å²) in [7, 11) is 0. The molecular formula is C16H12O3S. The standard InChI is InChI=1S/C16H12O3S/c1-9-6-12(17)3-4-13(9)15-8-11-7-10(16(18)19)2-5-14(11)20-15/h2-8,17H,1H3,(H,18,19). The van der Waals surface area contributed by atoms with Gasteiger partial charge in [0.15, 0.2) is 0 Å². The van der Waals surface area contributed by atoms with E-state index < -0.39 is 5.97 Å². The Morgan fingerprint density at radius 3 is 2.60 bits per heavy atom. The lowest BCUT2D eigenvalue weighted by atomic mass is 10.1. The summed E-state index contributed by atoms with van der Waals surface area (Å²) in [4.78, 5) is 12.1. The Morgan fingerprint density at radius 1 is 1.10 bits per heavy atom. The van der Waals surface area contributed by atoms with Gasteiger partial charge in [0, 0.05) is 9.58 Å². The van der Waals surface area contributed by atoms with Crippen molar-refractivity contribution in [1.29, 1.82) is 0 Å². The van der Waals surface area contributed by atoms with Crippen molar-refractivity contribution in [2.45, 2.75) is 6.92 Å². The first kappa shape index (κ1) is 12.7. The van der Waals surface area contributed by atoms with Crippen LogP contribution in [-0.4, -0.2) is 16.2 Å². The second-order valence-electron chi connectivity index (χ2n) is 4.67. The fraction of sp³-hybridized carbons (Fsp3) is 0.0625. The molecule has 0 spiro atoms. The average Bonchev–Trinajstić information content (AvgIpc) is 2.80. The van der Waals surface area contributed by atoms with Gasteiger partial charge < -0.3 is 10.2 Å². The summed E-state index contributed by atoms with van der Waals surface area (Å²) >= 11 is 1.62. The summed E-state index contributed by atoms with van der Waals surface area (Å²) < 4.78 is 1.05. The number of carbonyl (C=O) groups is 1. The van der Waals surface area contributed by atoms with Crippen molar-refractivity contribution in [3.05, 3.63) is 53.6 Å². The van der Waals surface area contributed by atoms with Gasteiger partial charge in [-0.15, -0.1) is 11.3 Å². The number of benzene rings is 2. The van der Waals surface area contributed by atoms with Gasteiger partial charge in [0.2, 0.25) is 0 Å². The minimum Gasteiger partial charge on any atom is -0.508 e. The number of aromatic carboxylic acids is 1. The highest BCUT2D eigenvalue weighted by Crippen LogP contribution is 2.36. The first-order valence-corrected chi connectivity index (χ1v) is 6.93. The van der Waals surface area contributed by atoms with Crippen molar-refractivity contribution in [2.24, 2.45) is 0 Å². The maximum atomic E-state index is 11.0. The molecule has 4 heteroatoms. The quantitative estimate of drug-likeness (QED) is 0.738. The molecule has 0 aliphatic heterocycles. The molecule has 0 aliphatic rings. The molecule has 1 aromatic heterocycles. The van der Waals surface area contributed by atoms with Crippen LogP contribution in [0, 0.1) is 6.92 Å². The lowest BCUT2D eigenvalue weighted by Crippen LogP contribution is -1.94. The molecule has 0 fully saturated rings. The van der Waals surface area contributed by atoms with E-state index in [2.05, 4.69) is 0 Å². The summed E-state index contributed by atoms with van der Waals surface area (Å²) in [6.45, 7) is 1.95. The summed E-state index contributed by atoms with van der Waals surface area (Å²) in [6.07, 6.45) is 0. The fourth-order valence-electron chi connectivity index (χ4n) is 2.23. The van der Waals surface area contributed by atoms with Gasteiger partial charge in [-0.25, -0.2) is 4.79 Å². The van der Waals surface area contributed by atoms with Crippen LogP contribution in [0.1, 0.15) is 15.9 Å². The van der Waals surface area contributed by atoms with Crippen LogP contribution in [0.5, 0.6) is 5.75 Å². The topological polar surface area (TPSA) is 57.5 Å². The van der Waals surface area contributed by atoms with Gasteiger partial charge in [-0.1, -0.05) is 0 Å².